The number of nitriles is 1. The van der Waals surface area contributed by atoms with Crippen molar-refractivity contribution in [3.05, 3.63) is 39.7 Å². The van der Waals surface area contributed by atoms with E-state index < -0.39 is 0 Å². The Hall–Kier alpha value is -1.64. The van der Waals surface area contributed by atoms with Crippen LogP contribution in [-0.2, 0) is 6.54 Å². The second kappa shape index (κ2) is 5.63. The van der Waals surface area contributed by atoms with Gasteiger partial charge in [0.1, 0.15) is 0 Å². The van der Waals surface area contributed by atoms with Crippen LogP contribution in [0, 0.1) is 17.2 Å². The van der Waals surface area contributed by atoms with Crippen molar-refractivity contribution in [3.8, 4) is 16.8 Å². The van der Waals surface area contributed by atoms with Gasteiger partial charge in [-0.1, -0.05) is 13.8 Å². The van der Waals surface area contributed by atoms with E-state index in [-0.39, 0.29) is 0 Å². The number of imidazole rings is 1. The number of rotatable bonds is 3. The Morgan fingerprint density at radius 1 is 1.33 bits per heavy atom. The normalized spacial score (nSPS) is 11.2. The zero-order valence-electron chi connectivity index (χ0n) is 11.8. The third-order valence-electron chi connectivity index (χ3n) is 3.22. The molecule has 3 rings (SSSR count). The summed E-state index contributed by atoms with van der Waals surface area (Å²) >= 11 is 5.19. The number of hydrogen-bond acceptors (Lipinski definition) is 3. The maximum absolute atomic E-state index is 9.05. The second-order valence-corrected chi connectivity index (χ2v) is 7.82. The van der Waals surface area contributed by atoms with Crippen molar-refractivity contribution in [1.29, 1.82) is 5.26 Å². The van der Waals surface area contributed by atoms with Gasteiger partial charge in [-0.2, -0.15) is 5.26 Å². The maximum atomic E-state index is 9.05. The molecule has 0 unspecified atom stereocenters. The molecule has 2 aromatic heterocycles. The summed E-state index contributed by atoms with van der Waals surface area (Å²) in [6.45, 7) is 5.31. The lowest BCUT2D eigenvalue weighted by Crippen LogP contribution is -2.05. The van der Waals surface area contributed by atoms with Crippen LogP contribution in [-0.4, -0.2) is 9.55 Å². The van der Waals surface area contributed by atoms with Crippen molar-refractivity contribution in [2.45, 2.75) is 20.4 Å². The molecule has 0 saturated heterocycles. The maximum Gasteiger partial charge on any atom is 0.151 e. The number of hydrogen-bond donors (Lipinski definition) is 0. The molecule has 0 atom stereocenters. The summed E-state index contributed by atoms with van der Waals surface area (Å²) in [6, 6.07) is 12.0. The summed E-state index contributed by atoms with van der Waals surface area (Å²) in [5, 5.41) is 9.05. The Kier molecular flexibility index (Phi) is 3.83. The van der Waals surface area contributed by atoms with E-state index in [1.54, 1.807) is 11.3 Å². The van der Waals surface area contributed by atoms with E-state index >= 15 is 0 Å². The molecule has 0 aliphatic heterocycles. The first-order valence-electron chi connectivity index (χ1n) is 6.74. The fraction of sp³-hybridized carbons (Fsp3) is 0.250. The highest BCUT2D eigenvalue weighted by Gasteiger charge is 2.15. The Morgan fingerprint density at radius 3 is 2.76 bits per heavy atom. The Labute approximate surface area is 136 Å². The molecular weight excluding hydrogens is 346 g/mol. The van der Waals surface area contributed by atoms with E-state index in [2.05, 4.69) is 46.5 Å². The molecule has 0 spiro atoms. The molecule has 0 N–H and O–H groups in total. The summed E-state index contributed by atoms with van der Waals surface area (Å²) < 4.78 is 3.35. The number of benzene rings is 1. The highest BCUT2D eigenvalue weighted by molar-refractivity contribution is 9.11. The minimum atomic E-state index is 0.528. The molecule has 1 aromatic carbocycles. The van der Waals surface area contributed by atoms with Gasteiger partial charge in [0.05, 0.1) is 31.3 Å². The van der Waals surface area contributed by atoms with E-state index in [1.165, 1.54) is 0 Å². The largest absolute Gasteiger partial charge is 0.323 e. The van der Waals surface area contributed by atoms with Crippen LogP contribution in [0.2, 0.25) is 0 Å². The number of aromatic nitrogens is 2. The van der Waals surface area contributed by atoms with Gasteiger partial charge in [0.15, 0.2) is 5.82 Å². The first kappa shape index (κ1) is 14.3. The van der Waals surface area contributed by atoms with Gasteiger partial charge in [-0.25, -0.2) is 4.98 Å². The molecule has 21 heavy (non-hydrogen) atoms. The van der Waals surface area contributed by atoms with E-state index in [1.807, 2.05) is 24.3 Å². The van der Waals surface area contributed by atoms with Crippen molar-refractivity contribution in [2.75, 3.05) is 0 Å². The summed E-state index contributed by atoms with van der Waals surface area (Å²) in [5.41, 5.74) is 2.62. The topological polar surface area (TPSA) is 41.6 Å². The first-order chi connectivity index (χ1) is 10.1. The van der Waals surface area contributed by atoms with Crippen molar-refractivity contribution >= 4 is 38.3 Å². The summed E-state index contributed by atoms with van der Waals surface area (Å²) in [5.74, 6) is 1.50. The van der Waals surface area contributed by atoms with Crippen LogP contribution >= 0.6 is 27.3 Å². The molecule has 0 aliphatic carbocycles. The summed E-state index contributed by atoms with van der Waals surface area (Å²) in [4.78, 5) is 5.90. The average molecular weight is 360 g/mol. The lowest BCUT2D eigenvalue weighted by Gasteiger charge is -2.10. The predicted molar refractivity (Wildman–Crippen MR) is 90.3 cm³/mol. The standard InChI is InChI=1S/C16H14BrN3S/c1-10(2)9-20-13-4-3-11(8-18)7-12(13)19-16(20)14-5-6-15(17)21-14/h3-7,10H,9H2,1-2H3. The van der Waals surface area contributed by atoms with E-state index in [0.29, 0.717) is 11.5 Å². The lowest BCUT2D eigenvalue weighted by molar-refractivity contribution is 0.537. The number of nitrogens with zero attached hydrogens (tertiary/aromatic N) is 3. The fourth-order valence-corrected chi connectivity index (χ4v) is 3.76. The zero-order chi connectivity index (χ0) is 15.0. The van der Waals surface area contributed by atoms with Crippen molar-refractivity contribution < 1.29 is 0 Å². The van der Waals surface area contributed by atoms with Crippen LogP contribution in [0.15, 0.2) is 34.1 Å². The van der Waals surface area contributed by atoms with Gasteiger partial charge in [-0.05, 0) is 52.2 Å². The van der Waals surface area contributed by atoms with Gasteiger partial charge in [-0.3, -0.25) is 0 Å². The molecule has 5 heteroatoms. The van der Waals surface area contributed by atoms with Crippen LogP contribution in [0.1, 0.15) is 19.4 Å². The third-order valence-corrected chi connectivity index (χ3v) is 4.84. The van der Waals surface area contributed by atoms with Gasteiger partial charge < -0.3 is 4.57 Å². The monoisotopic (exact) mass is 359 g/mol. The molecule has 0 aliphatic rings. The van der Waals surface area contributed by atoms with Crippen LogP contribution in [0.25, 0.3) is 21.7 Å². The number of thiophene rings is 1. The van der Waals surface area contributed by atoms with Crippen molar-refractivity contribution in [2.24, 2.45) is 5.92 Å². The lowest BCUT2D eigenvalue weighted by atomic mass is 10.2. The molecule has 0 bridgehead atoms. The summed E-state index contributed by atoms with van der Waals surface area (Å²) in [6.07, 6.45) is 0. The zero-order valence-corrected chi connectivity index (χ0v) is 14.2. The first-order valence-corrected chi connectivity index (χ1v) is 8.35. The van der Waals surface area contributed by atoms with Gasteiger partial charge in [0, 0.05) is 6.54 Å². The van der Waals surface area contributed by atoms with E-state index in [9.17, 15) is 0 Å². The van der Waals surface area contributed by atoms with Gasteiger partial charge in [-0.15, -0.1) is 11.3 Å². The molecule has 3 nitrogen and oxygen atoms in total. The quantitative estimate of drug-likeness (QED) is 0.655. The van der Waals surface area contributed by atoms with Gasteiger partial charge >= 0.3 is 0 Å². The highest BCUT2D eigenvalue weighted by atomic mass is 79.9. The third kappa shape index (κ3) is 2.74. The molecule has 3 aromatic rings. The Balaban J connectivity index is 2.24. The minimum absolute atomic E-state index is 0.528. The van der Waals surface area contributed by atoms with Gasteiger partial charge in [0.25, 0.3) is 0 Å². The van der Waals surface area contributed by atoms with Crippen LogP contribution < -0.4 is 0 Å². The molecule has 0 saturated carbocycles. The predicted octanol–water partition coefficient (Wildman–Crippen LogP) is 5.05. The van der Waals surface area contributed by atoms with Crippen LogP contribution in [0.3, 0.4) is 0 Å². The molecule has 0 amide bonds. The van der Waals surface area contributed by atoms with Gasteiger partial charge in [0.2, 0.25) is 0 Å². The van der Waals surface area contributed by atoms with Crippen molar-refractivity contribution in [1.82, 2.24) is 9.55 Å². The average Bonchev–Trinajstić information content (AvgIpc) is 3.02. The number of fused-ring (bicyclic) bond motifs is 1. The Morgan fingerprint density at radius 2 is 2.14 bits per heavy atom. The SMILES string of the molecule is CC(C)Cn1c(-c2ccc(Br)s2)nc2cc(C#N)ccc21. The molecular formula is C16H14BrN3S. The van der Waals surface area contributed by atoms with Crippen LogP contribution in [0.5, 0.6) is 0 Å². The van der Waals surface area contributed by atoms with E-state index in [0.717, 1.165) is 32.1 Å². The number of halogens is 1. The Bertz CT molecular complexity index is 839. The smallest absolute Gasteiger partial charge is 0.151 e. The molecule has 0 fully saturated rings. The fourth-order valence-electron chi connectivity index (χ4n) is 2.37. The van der Waals surface area contributed by atoms with Crippen LogP contribution in [0.4, 0.5) is 0 Å². The second-order valence-electron chi connectivity index (χ2n) is 5.36. The summed E-state index contributed by atoms with van der Waals surface area (Å²) in [7, 11) is 0. The molecule has 0 radical (unpaired) electrons. The minimum Gasteiger partial charge on any atom is -0.323 e. The van der Waals surface area contributed by atoms with Crippen molar-refractivity contribution in [3.63, 3.8) is 0 Å². The molecule has 2 heterocycles. The van der Waals surface area contributed by atoms with E-state index in [4.69, 9.17) is 10.2 Å². The highest BCUT2D eigenvalue weighted by Crippen LogP contribution is 2.33. The molecule has 106 valence electrons.